The number of benzene rings is 1. The van der Waals surface area contributed by atoms with Crippen molar-refractivity contribution in [3.63, 3.8) is 0 Å². The quantitative estimate of drug-likeness (QED) is 0.801. The molecule has 1 N–H and O–H groups in total. The molecular formula is C13H14ClNO. The highest BCUT2D eigenvalue weighted by Gasteiger charge is 2.19. The van der Waals surface area contributed by atoms with E-state index in [1.807, 2.05) is 12.1 Å². The minimum absolute atomic E-state index is 0.783. The molecule has 2 nitrogen and oxygen atoms in total. The van der Waals surface area contributed by atoms with Crippen LogP contribution in [0.2, 0.25) is 5.02 Å². The Balaban J connectivity index is 2.37. The normalized spacial score (nSPS) is 15.1. The van der Waals surface area contributed by atoms with Crippen LogP contribution in [0, 0.1) is 0 Å². The minimum Gasteiger partial charge on any atom is -0.496 e. The fourth-order valence-electron chi connectivity index (χ4n) is 2.62. The molecule has 1 aromatic carbocycles. The lowest BCUT2D eigenvalue weighted by molar-refractivity contribution is 0.419. The molecule has 84 valence electrons. The van der Waals surface area contributed by atoms with E-state index in [1.165, 1.54) is 29.5 Å². The van der Waals surface area contributed by atoms with Crippen LogP contribution in [0.25, 0.3) is 10.9 Å². The SMILES string of the molecule is COc1ccc(Cl)c2[nH]c3c(c12)CCCC3. The van der Waals surface area contributed by atoms with Gasteiger partial charge in [0.15, 0.2) is 0 Å². The van der Waals surface area contributed by atoms with Crippen LogP contribution in [0.4, 0.5) is 0 Å². The summed E-state index contributed by atoms with van der Waals surface area (Å²) in [6, 6.07) is 3.85. The Morgan fingerprint density at radius 1 is 1.25 bits per heavy atom. The maximum Gasteiger partial charge on any atom is 0.128 e. The Hall–Kier alpha value is -1.15. The lowest BCUT2D eigenvalue weighted by Crippen LogP contribution is -2.00. The largest absolute Gasteiger partial charge is 0.496 e. The standard InChI is InChI=1S/C13H14ClNO/c1-16-11-7-6-9(14)13-12(11)8-4-2-3-5-10(8)15-13/h6-7,15H,2-5H2,1H3. The summed E-state index contributed by atoms with van der Waals surface area (Å²) < 4.78 is 5.43. The molecular weight excluding hydrogens is 222 g/mol. The van der Waals surface area contributed by atoms with E-state index in [0.717, 1.165) is 29.1 Å². The van der Waals surface area contributed by atoms with Gasteiger partial charge in [-0.2, -0.15) is 0 Å². The summed E-state index contributed by atoms with van der Waals surface area (Å²) in [5.41, 5.74) is 3.78. The fourth-order valence-corrected chi connectivity index (χ4v) is 2.82. The van der Waals surface area contributed by atoms with Gasteiger partial charge in [-0.25, -0.2) is 0 Å². The molecule has 0 fully saturated rings. The lowest BCUT2D eigenvalue weighted by atomic mass is 9.95. The fraction of sp³-hybridized carbons (Fsp3) is 0.385. The molecule has 0 spiro atoms. The van der Waals surface area contributed by atoms with Crippen molar-refractivity contribution >= 4 is 22.5 Å². The summed E-state index contributed by atoms with van der Waals surface area (Å²) in [6.45, 7) is 0. The van der Waals surface area contributed by atoms with Crippen molar-refractivity contribution in [2.75, 3.05) is 7.11 Å². The van der Waals surface area contributed by atoms with Gasteiger partial charge in [-0.05, 0) is 43.4 Å². The van der Waals surface area contributed by atoms with E-state index >= 15 is 0 Å². The third kappa shape index (κ3) is 1.33. The van der Waals surface area contributed by atoms with Crippen molar-refractivity contribution in [2.24, 2.45) is 0 Å². The van der Waals surface area contributed by atoms with Gasteiger partial charge in [0, 0.05) is 11.1 Å². The Kier molecular flexibility index (Phi) is 2.32. The third-order valence-electron chi connectivity index (χ3n) is 3.38. The minimum atomic E-state index is 0.783. The number of hydrogen-bond donors (Lipinski definition) is 1. The summed E-state index contributed by atoms with van der Waals surface area (Å²) in [5, 5.41) is 1.97. The van der Waals surface area contributed by atoms with Gasteiger partial charge in [0.25, 0.3) is 0 Å². The first-order chi connectivity index (χ1) is 7.81. The maximum atomic E-state index is 6.22. The number of methoxy groups -OCH3 is 1. The van der Waals surface area contributed by atoms with Crippen molar-refractivity contribution in [3.05, 3.63) is 28.4 Å². The Labute approximate surface area is 99.6 Å². The molecule has 16 heavy (non-hydrogen) atoms. The van der Waals surface area contributed by atoms with Crippen LogP contribution in [-0.4, -0.2) is 12.1 Å². The zero-order valence-corrected chi connectivity index (χ0v) is 10.0. The lowest BCUT2D eigenvalue weighted by Gasteiger charge is -2.11. The second-order valence-corrected chi connectivity index (χ2v) is 4.70. The maximum absolute atomic E-state index is 6.22. The van der Waals surface area contributed by atoms with Gasteiger partial charge in [-0.15, -0.1) is 0 Å². The van der Waals surface area contributed by atoms with Crippen molar-refractivity contribution < 1.29 is 4.74 Å². The monoisotopic (exact) mass is 235 g/mol. The number of hydrogen-bond acceptors (Lipinski definition) is 1. The number of H-pyrrole nitrogens is 1. The zero-order valence-electron chi connectivity index (χ0n) is 9.27. The molecule has 3 heteroatoms. The average Bonchev–Trinajstić information content (AvgIpc) is 2.70. The van der Waals surface area contributed by atoms with Crippen molar-refractivity contribution in [1.82, 2.24) is 4.98 Å². The highest BCUT2D eigenvalue weighted by molar-refractivity contribution is 6.35. The predicted octanol–water partition coefficient (Wildman–Crippen LogP) is 3.71. The summed E-state index contributed by atoms with van der Waals surface area (Å²) >= 11 is 6.22. The molecule has 1 aliphatic carbocycles. The van der Waals surface area contributed by atoms with E-state index in [9.17, 15) is 0 Å². The molecule has 0 saturated heterocycles. The number of rotatable bonds is 1. The number of aryl methyl sites for hydroxylation is 2. The molecule has 1 aromatic heterocycles. The second-order valence-electron chi connectivity index (χ2n) is 4.29. The van der Waals surface area contributed by atoms with Crippen molar-refractivity contribution in [1.29, 1.82) is 0 Å². The number of nitrogens with one attached hydrogen (secondary N) is 1. The molecule has 0 amide bonds. The first kappa shape index (κ1) is 10.0. The van der Waals surface area contributed by atoms with Crippen LogP contribution >= 0.6 is 11.6 Å². The molecule has 1 aliphatic rings. The highest BCUT2D eigenvalue weighted by atomic mass is 35.5. The van der Waals surface area contributed by atoms with E-state index in [1.54, 1.807) is 7.11 Å². The van der Waals surface area contributed by atoms with E-state index in [2.05, 4.69) is 4.98 Å². The van der Waals surface area contributed by atoms with Crippen LogP contribution in [0.1, 0.15) is 24.1 Å². The van der Waals surface area contributed by atoms with Gasteiger partial charge in [0.2, 0.25) is 0 Å². The molecule has 0 unspecified atom stereocenters. The van der Waals surface area contributed by atoms with Gasteiger partial charge < -0.3 is 9.72 Å². The molecule has 0 aliphatic heterocycles. The molecule has 0 bridgehead atoms. The van der Waals surface area contributed by atoms with E-state index < -0.39 is 0 Å². The van der Waals surface area contributed by atoms with E-state index in [0.29, 0.717) is 0 Å². The predicted molar refractivity (Wildman–Crippen MR) is 66.5 cm³/mol. The van der Waals surface area contributed by atoms with Crippen LogP contribution in [0.5, 0.6) is 5.75 Å². The van der Waals surface area contributed by atoms with Gasteiger partial charge in [-0.1, -0.05) is 11.6 Å². The molecule has 3 rings (SSSR count). The summed E-state index contributed by atoms with van der Waals surface area (Å²) in [7, 11) is 1.71. The summed E-state index contributed by atoms with van der Waals surface area (Å²) in [4.78, 5) is 3.45. The highest BCUT2D eigenvalue weighted by Crippen LogP contribution is 2.38. The van der Waals surface area contributed by atoms with Crippen molar-refractivity contribution in [3.8, 4) is 5.75 Å². The molecule has 1 heterocycles. The van der Waals surface area contributed by atoms with E-state index in [4.69, 9.17) is 16.3 Å². The number of halogens is 1. The number of fused-ring (bicyclic) bond motifs is 3. The number of ether oxygens (including phenoxy) is 1. The molecule has 0 atom stereocenters. The Bertz CT molecular complexity index is 544. The smallest absolute Gasteiger partial charge is 0.128 e. The van der Waals surface area contributed by atoms with Gasteiger partial charge in [0.1, 0.15) is 5.75 Å². The second kappa shape index (κ2) is 3.70. The van der Waals surface area contributed by atoms with Gasteiger partial charge >= 0.3 is 0 Å². The molecule has 2 aromatic rings. The molecule has 0 radical (unpaired) electrons. The first-order valence-electron chi connectivity index (χ1n) is 5.67. The van der Waals surface area contributed by atoms with Crippen LogP contribution in [0.15, 0.2) is 12.1 Å². The van der Waals surface area contributed by atoms with Gasteiger partial charge in [0.05, 0.1) is 17.6 Å². The first-order valence-corrected chi connectivity index (χ1v) is 6.05. The van der Waals surface area contributed by atoms with Crippen molar-refractivity contribution in [2.45, 2.75) is 25.7 Å². The van der Waals surface area contributed by atoms with Crippen LogP contribution < -0.4 is 4.74 Å². The number of aromatic amines is 1. The zero-order chi connectivity index (χ0) is 11.1. The van der Waals surface area contributed by atoms with Crippen LogP contribution in [0.3, 0.4) is 0 Å². The summed E-state index contributed by atoms with van der Waals surface area (Å²) in [6.07, 6.45) is 4.78. The molecule has 0 saturated carbocycles. The topological polar surface area (TPSA) is 25.0 Å². The third-order valence-corrected chi connectivity index (χ3v) is 3.70. The number of aromatic nitrogens is 1. The Morgan fingerprint density at radius 3 is 2.88 bits per heavy atom. The average molecular weight is 236 g/mol. The Morgan fingerprint density at radius 2 is 2.06 bits per heavy atom. The van der Waals surface area contributed by atoms with Gasteiger partial charge in [-0.3, -0.25) is 0 Å². The summed E-state index contributed by atoms with van der Waals surface area (Å²) in [5.74, 6) is 0.929. The van der Waals surface area contributed by atoms with E-state index in [-0.39, 0.29) is 0 Å². The van der Waals surface area contributed by atoms with Crippen LogP contribution in [-0.2, 0) is 12.8 Å².